The average Bonchev–Trinajstić information content (AvgIpc) is 2.31. The smallest absolute Gasteiger partial charge is 0.194 e. The fourth-order valence-electron chi connectivity index (χ4n) is 1.70. The summed E-state index contributed by atoms with van der Waals surface area (Å²) in [5, 5.41) is 0.487. The van der Waals surface area contributed by atoms with Gasteiger partial charge in [-0.2, -0.15) is 0 Å². The Morgan fingerprint density at radius 3 is 2.56 bits per heavy atom. The van der Waals surface area contributed by atoms with Crippen LogP contribution in [0.4, 0.5) is 4.39 Å². The van der Waals surface area contributed by atoms with E-state index in [4.69, 9.17) is 11.6 Å². The van der Waals surface area contributed by atoms with Gasteiger partial charge in [0.25, 0.3) is 0 Å². The molecule has 0 aromatic heterocycles. The zero-order valence-corrected chi connectivity index (χ0v) is 11.8. The molecule has 18 heavy (non-hydrogen) atoms. The topological polar surface area (TPSA) is 17.1 Å². The summed E-state index contributed by atoms with van der Waals surface area (Å²) in [7, 11) is 0. The maximum absolute atomic E-state index is 13.0. The highest BCUT2D eigenvalue weighted by atomic mass is 79.9. The molecule has 1 nitrogen and oxygen atoms in total. The molecule has 0 heterocycles. The maximum Gasteiger partial charge on any atom is 0.194 e. The molecular weight excluding hydrogens is 319 g/mol. The third-order valence-electron chi connectivity index (χ3n) is 2.61. The number of benzene rings is 2. The molecule has 0 bridgehead atoms. The summed E-state index contributed by atoms with van der Waals surface area (Å²) in [4.78, 5) is 12.3. The largest absolute Gasteiger partial charge is 0.289 e. The molecule has 0 saturated heterocycles. The highest BCUT2D eigenvalue weighted by molar-refractivity contribution is 9.10. The monoisotopic (exact) mass is 326 g/mol. The van der Waals surface area contributed by atoms with Crippen LogP contribution in [0.2, 0.25) is 5.02 Å². The fourth-order valence-corrected chi connectivity index (χ4v) is 2.30. The molecule has 0 atom stereocenters. The Morgan fingerprint density at radius 1 is 1.17 bits per heavy atom. The summed E-state index contributed by atoms with van der Waals surface area (Å²) in [6, 6.07) is 9.11. The number of rotatable bonds is 2. The Labute approximate surface area is 118 Å². The minimum atomic E-state index is -0.353. The van der Waals surface area contributed by atoms with Crippen LogP contribution < -0.4 is 0 Å². The van der Waals surface area contributed by atoms with Crippen LogP contribution in [-0.2, 0) is 0 Å². The highest BCUT2D eigenvalue weighted by Gasteiger charge is 2.15. The Bertz CT molecular complexity index is 625. The van der Waals surface area contributed by atoms with Crippen molar-refractivity contribution in [1.29, 1.82) is 0 Å². The number of carbonyl (C=O) groups excluding carboxylic acids is 1. The van der Waals surface area contributed by atoms with Crippen molar-refractivity contribution in [3.05, 3.63) is 68.4 Å². The van der Waals surface area contributed by atoms with E-state index in [2.05, 4.69) is 15.9 Å². The van der Waals surface area contributed by atoms with Gasteiger partial charge in [-0.25, -0.2) is 4.39 Å². The first-order valence-electron chi connectivity index (χ1n) is 5.25. The Balaban J connectivity index is 2.51. The van der Waals surface area contributed by atoms with Gasteiger partial charge in [-0.1, -0.05) is 27.5 Å². The molecule has 0 N–H and O–H groups in total. The van der Waals surface area contributed by atoms with Crippen LogP contribution in [0.15, 0.2) is 40.9 Å². The van der Waals surface area contributed by atoms with E-state index < -0.39 is 0 Å². The van der Waals surface area contributed by atoms with Crippen LogP contribution in [-0.4, -0.2) is 5.78 Å². The van der Waals surface area contributed by atoms with Gasteiger partial charge in [-0.15, -0.1) is 0 Å². The SMILES string of the molecule is Cc1cc(F)ccc1C(=O)c1cc(Cl)ccc1Br. The second kappa shape index (κ2) is 5.21. The molecule has 0 unspecified atom stereocenters. The lowest BCUT2D eigenvalue weighted by Crippen LogP contribution is -2.05. The normalized spacial score (nSPS) is 10.4. The second-order valence-corrected chi connectivity index (χ2v) is 5.20. The highest BCUT2D eigenvalue weighted by Crippen LogP contribution is 2.25. The molecular formula is C14H9BrClFO. The van der Waals surface area contributed by atoms with Gasteiger partial charge in [-0.3, -0.25) is 4.79 Å². The summed E-state index contributed by atoms with van der Waals surface area (Å²) in [5.41, 5.74) is 1.54. The van der Waals surface area contributed by atoms with Crippen LogP contribution >= 0.6 is 27.5 Å². The number of hydrogen-bond acceptors (Lipinski definition) is 1. The molecule has 2 aromatic carbocycles. The first-order chi connectivity index (χ1) is 8.49. The van der Waals surface area contributed by atoms with Gasteiger partial charge >= 0.3 is 0 Å². The van der Waals surface area contributed by atoms with Gasteiger partial charge in [0.05, 0.1) is 0 Å². The van der Waals surface area contributed by atoms with Crippen LogP contribution in [0.5, 0.6) is 0 Å². The molecule has 0 amide bonds. The van der Waals surface area contributed by atoms with Crippen molar-refractivity contribution >= 4 is 33.3 Å². The molecule has 2 rings (SSSR count). The van der Waals surface area contributed by atoms with Gasteiger partial charge in [0.2, 0.25) is 0 Å². The molecule has 0 saturated carbocycles. The third-order valence-corrected chi connectivity index (χ3v) is 3.53. The zero-order chi connectivity index (χ0) is 13.3. The fraction of sp³-hybridized carbons (Fsp3) is 0.0714. The molecule has 0 radical (unpaired) electrons. The number of ketones is 1. The van der Waals surface area contributed by atoms with Gasteiger partial charge in [0.15, 0.2) is 5.78 Å². The lowest BCUT2D eigenvalue weighted by Gasteiger charge is -2.07. The van der Waals surface area contributed by atoms with E-state index in [0.717, 1.165) is 0 Å². The Hall–Kier alpha value is -1.19. The molecule has 2 aromatic rings. The minimum Gasteiger partial charge on any atom is -0.289 e. The van der Waals surface area contributed by atoms with Crippen molar-refractivity contribution in [2.75, 3.05) is 0 Å². The van der Waals surface area contributed by atoms with Crippen molar-refractivity contribution in [2.24, 2.45) is 0 Å². The van der Waals surface area contributed by atoms with E-state index in [1.165, 1.54) is 18.2 Å². The summed E-state index contributed by atoms with van der Waals surface area (Å²) >= 11 is 9.19. The standard InChI is InChI=1S/C14H9BrClFO/c1-8-6-10(17)3-4-11(8)14(18)12-7-9(16)2-5-13(12)15/h2-7H,1H3. The number of aryl methyl sites for hydroxylation is 1. The Kier molecular flexibility index (Phi) is 3.83. The number of halogens is 3. The molecule has 92 valence electrons. The summed E-state index contributed by atoms with van der Waals surface area (Å²) in [5.74, 6) is -0.531. The van der Waals surface area contributed by atoms with Crippen LogP contribution in [0.25, 0.3) is 0 Å². The van der Waals surface area contributed by atoms with Crippen molar-refractivity contribution in [3.8, 4) is 0 Å². The zero-order valence-electron chi connectivity index (χ0n) is 9.51. The molecule has 4 heteroatoms. The lowest BCUT2D eigenvalue weighted by molar-refractivity contribution is 0.103. The summed E-state index contributed by atoms with van der Waals surface area (Å²) in [6.07, 6.45) is 0. The molecule has 0 aliphatic carbocycles. The first kappa shape index (κ1) is 13.2. The number of hydrogen-bond donors (Lipinski definition) is 0. The van der Waals surface area contributed by atoms with E-state index in [1.54, 1.807) is 25.1 Å². The van der Waals surface area contributed by atoms with E-state index >= 15 is 0 Å². The first-order valence-corrected chi connectivity index (χ1v) is 6.42. The Morgan fingerprint density at radius 2 is 1.89 bits per heavy atom. The van der Waals surface area contributed by atoms with E-state index in [-0.39, 0.29) is 11.6 Å². The van der Waals surface area contributed by atoms with E-state index in [9.17, 15) is 9.18 Å². The van der Waals surface area contributed by atoms with E-state index in [0.29, 0.717) is 26.2 Å². The molecule has 0 fully saturated rings. The summed E-state index contributed by atoms with van der Waals surface area (Å²) in [6.45, 7) is 1.70. The molecule has 0 spiro atoms. The second-order valence-electron chi connectivity index (χ2n) is 3.91. The van der Waals surface area contributed by atoms with Crippen LogP contribution in [0.1, 0.15) is 21.5 Å². The maximum atomic E-state index is 13.0. The number of carbonyl (C=O) groups is 1. The van der Waals surface area contributed by atoms with Crippen molar-refractivity contribution in [2.45, 2.75) is 6.92 Å². The third kappa shape index (κ3) is 2.62. The van der Waals surface area contributed by atoms with Gasteiger partial charge in [0.1, 0.15) is 5.82 Å². The molecule has 0 aliphatic rings. The van der Waals surface area contributed by atoms with Gasteiger partial charge in [-0.05, 0) is 48.9 Å². The average molecular weight is 328 g/mol. The quantitative estimate of drug-likeness (QED) is 0.725. The van der Waals surface area contributed by atoms with Crippen molar-refractivity contribution in [3.63, 3.8) is 0 Å². The van der Waals surface area contributed by atoms with E-state index in [1.807, 2.05) is 0 Å². The minimum absolute atomic E-state index is 0.179. The van der Waals surface area contributed by atoms with Crippen LogP contribution in [0, 0.1) is 12.7 Å². The van der Waals surface area contributed by atoms with Gasteiger partial charge in [0, 0.05) is 20.6 Å². The van der Waals surface area contributed by atoms with Crippen molar-refractivity contribution in [1.82, 2.24) is 0 Å². The lowest BCUT2D eigenvalue weighted by atomic mass is 9.99. The summed E-state index contributed by atoms with van der Waals surface area (Å²) < 4.78 is 13.7. The van der Waals surface area contributed by atoms with Crippen molar-refractivity contribution < 1.29 is 9.18 Å². The molecule has 0 aliphatic heterocycles. The predicted octanol–water partition coefficient (Wildman–Crippen LogP) is 4.78. The predicted molar refractivity (Wildman–Crippen MR) is 73.7 cm³/mol. The van der Waals surface area contributed by atoms with Crippen LogP contribution in [0.3, 0.4) is 0 Å². The van der Waals surface area contributed by atoms with Gasteiger partial charge < -0.3 is 0 Å².